The minimum atomic E-state index is 0.400. The third-order valence-corrected chi connectivity index (χ3v) is 1.66. The molecule has 0 aliphatic heterocycles. The van der Waals surface area contributed by atoms with Crippen LogP contribution >= 0.6 is 0 Å². The molecule has 0 fully saturated rings. The highest BCUT2D eigenvalue weighted by atomic mass is 16.5. The zero-order valence-electron chi connectivity index (χ0n) is 8.38. The highest BCUT2D eigenvalue weighted by Gasteiger charge is 2.03. The van der Waals surface area contributed by atoms with Crippen LogP contribution in [0.15, 0.2) is 36.0 Å². The van der Waals surface area contributed by atoms with E-state index < -0.39 is 0 Å². The zero-order chi connectivity index (χ0) is 11.1. The van der Waals surface area contributed by atoms with Gasteiger partial charge in [0.25, 0.3) is 0 Å². The Labute approximate surface area is 87.6 Å². The molecule has 0 saturated carbocycles. The number of hydrogen-bond donors (Lipinski definition) is 0. The van der Waals surface area contributed by atoms with Crippen LogP contribution in [0.5, 0.6) is 11.5 Å². The fraction of sp³-hybridized carbons (Fsp3) is 0.200. The maximum atomic E-state index is 8.27. The molecule has 5 heteroatoms. The predicted molar refractivity (Wildman–Crippen MR) is 57.5 cm³/mol. The first kappa shape index (κ1) is 10.9. The van der Waals surface area contributed by atoms with Gasteiger partial charge >= 0.3 is 0 Å². The van der Waals surface area contributed by atoms with Crippen molar-refractivity contribution in [2.45, 2.75) is 0 Å². The summed E-state index contributed by atoms with van der Waals surface area (Å²) in [6.07, 6.45) is 1.64. The van der Waals surface area contributed by atoms with Crippen LogP contribution in [0.2, 0.25) is 0 Å². The second-order valence-electron chi connectivity index (χ2n) is 2.62. The molecule has 78 valence electrons. The number of azide groups is 1. The Kier molecular flexibility index (Phi) is 4.06. The first-order valence-corrected chi connectivity index (χ1v) is 4.28. The summed E-state index contributed by atoms with van der Waals surface area (Å²) in [6, 6.07) is 4.95. The van der Waals surface area contributed by atoms with Gasteiger partial charge in [0.05, 0.1) is 7.11 Å². The Morgan fingerprint density at radius 1 is 1.53 bits per heavy atom. The monoisotopic (exact) mass is 205 g/mol. The van der Waals surface area contributed by atoms with Crippen molar-refractivity contribution in [1.82, 2.24) is 0 Å². The first-order valence-electron chi connectivity index (χ1n) is 4.28. The lowest BCUT2D eigenvalue weighted by molar-refractivity contribution is 0.326. The lowest BCUT2D eigenvalue weighted by Gasteiger charge is -2.09. The number of ether oxygens (including phenoxy) is 2. The summed E-state index contributed by atoms with van der Waals surface area (Å²) in [5, 5.41) is 3.46. The molecule has 0 aromatic heterocycles. The summed E-state index contributed by atoms with van der Waals surface area (Å²) in [5.74, 6) is 1.12. The fourth-order valence-corrected chi connectivity index (χ4v) is 1.04. The van der Waals surface area contributed by atoms with E-state index in [2.05, 4.69) is 16.6 Å². The minimum Gasteiger partial charge on any atom is -0.493 e. The first-order chi connectivity index (χ1) is 7.31. The number of methoxy groups -OCH3 is 1. The molecule has 0 atom stereocenters. The number of rotatable bonds is 5. The van der Waals surface area contributed by atoms with Gasteiger partial charge in [0.15, 0.2) is 11.5 Å². The van der Waals surface area contributed by atoms with Gasteiger partial charge in [-0.05, 0) is 23.7 Å². The van der Waals surface area contributed by atoms with Gasteiger partial charge < -0.3 is 9.47 Å². The minimum absolute atomic E-state index is 0.400. The summed E-state index contributed by atoms with van der Waals surface area (Å²) in [4.78, 5) is 2.69. The third kappa shape index (κ3) is 2.93. The average Bonchev–Trinajstić information content (AvgIpc) is 2.27. The molecule has 0 heterocycles. The van der Waals surface area contributed by atoms with Crippen LogP contribution in [0.1, 0.15) is 0 Å². The van der Waals surface area contributed by atoms with Crippen LogP contribution in [0.25, 0.3) is 10.4 Å². The molecule has 0 aliphatic rings. The van der Waals surface area contributed by atoms with Crippen LogP contribution < -0.4 is 9.47 Å². The van der Waals surface area contributed by atoms with Crippen molar-refractivity contribution in [2.75, 3.05) is 13.7 Å². The highest BCUT2D eigenvalue weighted by molar-refractivity contribution is 5.51. The Morgan fingerprint density at radius 2 is 2.33 bits per heavy atom. The second-order valence-corrected chi connectivity index (χ2v) is 2.62. The summed E-state index contributed by atoms with van der Waals surface area (Å²) in [5.41, 5.74) is 8.75. The van der Waals surface area contributed by atoms with E-state index in [1.165, 1.54) is 7.11 Å². The molecule has 0 amide bonds. The Morgan fingerprint density at radius 3 is 2.93 bits per heavy atom. The van der Waals surface area contributed by atoms with E-state index in [1.807, 2.05) is 0 Å². The van der Waals surface area contributed by atoms with Crippen molar-refractivity contribution >= 4 is 5.69 Å². The van der Waals surface area contributed by atoms with Crippen LogP contribution in [0.3, 0.4) is 0 Å². The van der Waals surface area contributed by atoms with Gasteiger partial charge in [-0.2, -0.15) is 0 Å². The molecule has 0 aliphatic carbocycles. The molecule has 0 bridgehead atoms. The summed E-state index contributed by atoms with van der Waals surface area (Å²) in [6.45, 7) is 3.95. The normalized spacial score (nSPS) is 8.87. The van der Waals surface area contributed by atoms with Gasteiger partial charge in [-0.3, -0.25) is 0 Å². The molecule has 1 rings (SSSR count). The second kappa shape index (κ2) is 5.57. The lowest BCUT2D eigenvalue weighted by atomic mass is 10.3. The van der Waals surface area contributed by atoms with Crippen molar-refractivity contribution in [1.29, 1.82) is 0 Å². The van der Waals surface area contributed by atoms with Gasteiger partial charge in [0.1, 0.15) is 6.61 Å². The van der Waals surface area contributed by atoms with Crippen molar-refractivity contribution in [3.63, 3.8) is 0 Å². The van der Waals surface area contributed by atoms with Crippen molar-refractivity contribution in [3.05, 3.63) is 41.3 Å². The fourth-order valence-electron chi connectivity index (χ4n) is 1.04. The van der Waals surface area contributed by atoms with E-state index in [0.717, 1.165) is 0 Å². The molecular weight excluding hydrogens is 194 g/mol. The Bertz CT molecular complexity index is 398. The molecule has 0 radical (unpaired) electrons. The van der Waals surface area contributed by atoms with Gasteiger partial charge in [-0.15, -0.1) is 0 Å². The molecule has 1 aromatic rings. The van der Waals surface area contributed by atoms with Crippen LogP contribution in [0, 0.1) is 0 Å². The lowest BCUT2D eigenvalue weighted by Crippen LogP contribution is -1.95. The maximum Gasteiger partial charge on any atom is 0.161 e. The molecule has 1 aromatic carbocycles. The van der Waals surface area contributed by atoms with Crippen molar-refractivity contribution < 1.29 is 9.47 Å². The van der Waals surface area contributed by atoms with Gasteiger partial charge in [0.2, 0.25) is 0 Å². The maximum absolute atomic E-state index is 8.27. The molecule has 5 nitrogen and oxygen atoms in total. The average molecular weight is 205 g/mol. The Balaban J connectivity index is 2.97. The van der Waals surface area contributed by atoms with E-state index >= 15 is 0 Å². The largest absolute Gasteiger partial charge is 0.493 e. The quantitative estimate of drug-likeness (QED) is 0.320. The van der Waals surface area contributed by atoms with E-state index in [9.17, 15) is 0 Å². The summed E-state index contributed by atoms with van der Waals surface area (Å²) in [7, 11) is 1.52. The molecule has 0 N–H and O–H groups in total. The summed E-state index contributed by atoms with van der Waals surface area (Å²) < 4.78 is 10.4. The molecule has 0 unspecified atom stereocenters. The van der Waals surface area contributed by atoms with Gasteiger partial charge in [-0.1, -0.05) is 17.8 Å². The predicted octanol–water partition coefficient (Wildman–Crippen LogP) is 3.20. The van der Waals surface area contributed by atoms with Crippen molar-refractivity contribution in [2.24, 2.45) is 5.11 Å². The smallest absolute Gasteiger partial charge is 0.161 e. The van der Waals surface area contributed by atoms with E-state index in [1.54, 1.807) is 24.3 Å². The van der Waals surface area contributed by atoms with E-state index in [0.29, 0.717) is 23.8 Å². The van der Waals surface area contributed by atoms with E-state index in [-0.39, 0.29) is 0 Å². The molecule has 15 heavy (non-hydrogen) atoms. The Hall–Kier alpha value is -2.13. The van der Waals surface area contributed by atoms with Gasteiger partial charge in [0, 0.05) is 10.6 Å². The van der Waals surface area contributed by atoms with Crippen LogP contribution in [-0.2, 0) is 0 Å². The molecular formula is C10H11N3O2. The highest BCUT2D eigenvalue weighted by Crippen LogP contribution is 2.31. The number of benzene rings is 1. The zero-order valence-corrected chi connectivity index (χ0v) is 8.38. The third-order valence-electron chi connectivity index (χ3n) is 1.66. The van der Waals surface area contributed by atoms with Crippen molar-refractivity contribution in [3.8, 4) is 11.5 Å². The number of hydrogen-bond acceptors (Lipinski definition) is 3. The SMILES string of the molecule is C=CCOc1ccc(N=[N+]=[N-])cc1OC. The molecule has 0 spiro atoms. The number of nitrogens with zero attached hydrogens (tertiary/aromatic N) is 3. The van der Waals surface area contributed by atoms with Crippen LogP contribution in [0.4, 0.5) is 5.69 Å². The standard InChI is InChI=1S/C10H11N3O2/c1-3-6-15-9-5-4-8(12-13-11)7-10(9)14-2/h3-5,7H,1,6H2,2H3. The topological polar surface area (TPSA) is 67.2 Å². The van der Waals surface area contributed by atoms with Gasteiger partial charge in [-0.25, -0.2) is 0 Å². The molecule has 0 saturated heterocycles. The van der Waals surface area contributed by atoms with Crippen LogP contribution in [-0.4, -0.2) is 13.7 Å². The summed E-state index contributed by atoms with van der Waals surface area (Å²) >= 11 is 0. The van der Waals surface area contributed by atoms with E-state index in [4.69, 9.17) is 15.0 Å².